The van der Waals surface area contributed by atoms with E-state index >= 15 is 0 Å². The van der Waals surface area contributed by atoms with E-state index in [4.69, 9.17) is 9.73 Å². The Morgan fingerprint density at radius 2 is 2.14 bits per heavy atom. The van der Waals surface area contributed by atoms with E-state index in [-0.39, 0.29) is 18.1 Å². The summed E-state index contributed by atoms with van der Waals surface area (Å²) < 4.78 is 10.5. The summed E-state index contributed by atoms with van der Waals surface area (Å²) in [5, 5.41) is 3.65. The number of rotatable bonds is 3. The first-order valence-electron chi connectivity index (χ1n) is 7.72. The molecule has 3 atom stereocenters. The number of aliphatic imine (C=N–C) groups is 1. The molecule has 5 nitrogen and oxygen atoms in total. The summed E-state index contributed by atoms with van der Waals surface area (Å²) in [5.41, 5.74) is 3.28. The van der Waals surface area contributed by atoms with Gasteiger partial charge in [0.15, 0.2) is 0 Å². The fourth-order valence-corrected chi connectivity index (χ4v) is 5.38. The Balaban J connectivity index is 1.68. The average Bonchev–Trinajstić information content (AvgIpc) is 3.25. The van der Waals surface area contributed by atoms with Crippen LogP contribution in [0.3, 0.4) is 0 Å². The second kappa shape index (κ2) is 5.56. The summed E-state index contributed by atoms with van der Waals surface area (Å²) >= 11 is -0.699. The van der Waals surface area contributed by atoms with Gasteiger partial charge in [-0.2, -0.15) is 0 Å². The van der Waals surface area contributed by atoms with E-state index in [0.717, 1.165) is 17.2 Å². The minimum absolute atomic E-state index is 0.0731. The van der Waals surface area contributed by atoms with Crippen LogP contribution in [-0.4, -0.2) is 34.5 Å². The molecule has 4 rings (SSSR count). The second-order valence-corrected chi connectivity index (χ2v) is 8.44. The molecule has 0 amide bonds. The van der Waals surface area contributed by atoms with Gasteiger partial charge in [0.25, 0.3) is 0 Å². The summed E-state index contributed by atoms with van der Waals surface area (Å²) in [5.74, 6) is 1.71. The van der Waals surface area contributed by atoms with Gasteiger partial charge >= 0.3 is 141 Å². The number of carbonyl (C=O) groups excluding carboxylic acids is 1. The molecular weight excluding hydrogens is 393 g/mol. The number of carbonyl (C=O) groups is 1. The Hall–Kier alpha value is -1.02. The van der Waals surface area contributed by atoms with Crippen LogP contribution in [0.5, 0.6) is 0 Å². The molecule has 2 aliphatic carbocycles. The van der Waals surface area contributed by atoms with Crippen LogP contribution in [0.15, 0.2) is 31.7 Å². The molecule has 118 valence electrons. The molecule has 0 radical (unpaired) electrons. The van der Waals surface area contributed by atoms with Gasteiger partial charge in [0.1, 0.15) is 0 Å². The Morgan fingerprint density at radius 3 is 2.82 bits per heavy atom. The van der Waals surface area contributed by atoms with Crippen molar-refractivity contribution in [3.63, 3.8) is 0 Å². The number of nitrogens with one attached hydrogen (secondary N) is 1. The van der Waals surface area contributed by atoms with Gasteiger partial charge < -0.3 is 0 Å². The number of ether oxygens (including phenoxy) is 1. The molecule has 0 spiro atoms. The Labute approximate surface area is 140 Å². The monoisotopic (exact) mass is 412 g/mol. The summed E-state index contributed by atoms with van der Waals surface area (Å²) in [7, 11) is 1.69. The van der Waals surface area contributed by atoms with Crippen molar-refractivity contribution >= 4 is 15.2 Å². The fraction of sp³-hybridized carbons (Fsp3) is 0.562. The quantitative estimate of drug-likeness (QED) is 0.459. The molecule has 0 saturated heterocycles. The van der Waals surface area contributed by atoms with Gasteiger partial charge in [-0.1, -0.05) is 0 Å². The molecule has 22 heavy (non-hydrogen) atoms. The van der Waals surface area contributed by atoms with Crippen molar-refractivity contribution in [1.29, 1.82) is 0 Å². The van der Waals surface area contributed by atoms with E-state index in [1.807, 2.05) is 6.08 Å². The van der Waals surface area contributed by atoms with Crippen molar-refractivity contribution in [2.75, 3.05) is 7.11 Å². The summed E-state index contributed by atoms with van der Waals surface area (Å²) in [4.78, 5) is 16.5. The second-order valence-electron chi connectivity index (χ2n) is 6.27. The molecule has 2 aliphatic heterocycles. The van der Waals surface area contributed by atoms with E-state index in [1.54, 1.807) is 7.11 Å². The minimum atomic E-state index is -0.699. The molecular formula is C16H19IN3O2-. The predicted octanol–water partition coefficient (Wildman–Crippen LogP) is -1.38. The van der Waals surface area contributed by atoms with Crippen LogP contribution >= 0.6 is 0 Å². The molecule has 0 aromatic heterocycles. The van der Waals surface area contributed by atoms with Crippen LogP contribution < -0.4 is 26.8 Å². The zero-order valence-corrected chi connectivity index (χ0v) is 14.8. The van der Waals surface area contributed by atoms with Gasteiger partial charge in [0, 0.05) is 0 Å². The van der Waals surface area contributed by atoms with Crippen LogP contribution in [0.2, 0.25) is 0 Å². The van der Waals surface area contributed by atoms with Crippen molar-refractivity contribution in [2.24, 2.45) is 20.0 Å². The Kier molecular flexibility index (Phi) is 3.68. The maximum atomic E-state index is 11.6. The Morgan fingerprint density at radius 1 is 1.32 bits per heavy atom. The van der Waals surface area contributed by atoms with Gasteiger partial charge in [-0.3, -0.25) is 0 Å². The first-order chi connectivity index (χ1) is 10.7. The number of methoxy groups -OCH3 is 1. The number of hydrogen-bond acceptors (Lipinski definition) is 5. The van der Waals surface area contributed by atoms with Crippen LogP contribution in [0.1, 0.15) is 26.2 Å². The third-order valence-electron chi connectivity index (χ3n) is 4.61. The molecule has 4 aliphatic rings. The first kappa shape index (κ1) is 14.6. The normalized spacial score (nSPS) is 34.8. The summed E-state index contributed by atoms with van der Waals surface area (Å²) in [6.07, 6.45) is 7.43. The average molecular weight is 412 g/mol. The molecule has 1 fully saturated rings. The summed E-state index contributed by atoms with van der Waals surface area (Å²) in [6.45, 7) is 2.10. The van der Waals surface area contributed by atoms with Gasteiger partial charge in [0.05, 0.1) is 0 Å². The molecule has 2 heterocycles. The predicted molar refractivity (Wildman–Crippen MR) is 80.3 cm³/mol. The van der Waals surface area contributed by atoms with E-state index in [9.17, 15) is 4.79 Å². The van der Waals surface area contributed by atoms with E-state index in [0.29, 0.717) is 16.1 Å². The zero-order valence-electron chi connectivity index (χ0n) is 12.7. The number of halogens is 1. The van der Waals surface area contributed by atoms with Gasteiger partial charge in [-0.15, -0.1) is 0 Å². The Bertz CT molecular complexity index is 646. The van der Waals surface area contributed by atoms with Crippen molar-refractivity contribution in [3.8, 4) is 0 Å². The standard InChI is InChI=1S/C16H19IN3O2/c1-8-7-12(21)17-20-13(8)10-5-6-11(22-2)15-14(10)18-16(19-15)9-3-4-9/h5-6,8-9,14,16,18H,3-4,7H2,1-2H3/q-1. The molecule has 0 aromatic carbocycles. The van der Waals surface area contributed by atoms with Crippen molar-refractivity contribution in [2.45, 2.75) is 38.4 Å². The molecule has 1 N–H and O–H groups in total. The van der Waals surface area contributed by atoms with E-state index in [2.05, 4.69) is 21.5 Å². The van der Waals surface area contributed by atoms with Gasteiger partial charge in [-0.05, 0) is 0 Å². The first-order valence-corrected chi connectivity index (χ1v) is 9.77. The SMILES string of the molecule is COC1=CC=C(C2=N[I-]C(=O)CC2C)C2NC(C3CC3)N=C12. The van der Waals surface area contributed by atoms with Crippen molar-refractivity contribution < 1.29 is 31.0 Å². The zero-order chi connectivity index (χ0) is 15.3. The summed E-state index contributed by atoms with van der Waals surface area (Å²) in [6, 6.07) is 0.0731. The molecule has 0 aromatic rings. The van der Waals surface area contributed by atoms with E-state index in [1.165, 1.54) is 18.4 Å². The number of fused-ring (bicyclic) bond motifs is 1. The number of nitrogens with zero attached hydrogens (tertiary/aromatic N) is 2. The molecule has 0 bridgehead atoms. The van der Waals surface area contributed by atoms with Gasteiger partial charge in [-0.25, -0.2) is 0 Å². The fourth-order valence-electron chi connectivity index (χ4n) is 3.24. The molecule has 6 heteroatoms. The molecule has 1 saturated carbocycles. The van der Waals surface area contributed by atoms with E-state index < -0.39 is 21.5 Å². The number of allylic oxidation sites excluding steroid dienone is 2. The third kappa shape index (κ3) is 2.46. The van der Waals surface area contributed by atoms with Crippen LogP contribution in [-0.2, 0) is 9.53 Å². The molecule has 3 unspecified atom stereocenters. The van der Waals surface area contributed by atoms with Crippen LogP contribution in [0.4, 0.5) is 0 Å². The number of hydrogen-bond donors (Lipinski definition) is 1. The topological polar surface area (TPSA) is 63.0 Å². The van der Waals surface area contributed by atoms with Crippen LogP contribution in [0, 0.1) is 11.8 Å². The van der Waals surface area contributed by atoms with Gasteiger partial charge in [0.2, 0.25) is 0 Å². The third-order valence-corrected chi connectivity index (χ3v) is 6.35. The van der Waals surface area contributed by atoms with Crippen LogP contribution in [0.25, 0.3) is 0 Å². The van der Waals surface area contributed by atoms with Crippen molar-refractivity contribution in [1.82, 2.24) is 5.32 Å². The van der Waals surface area contributed by atoms with Crippen molar-refractivity contribution in [3.05, 3.63) is 23.5 Å². The maximum absolute atomic E-state index is 11.6.